The van der Waals surface area contributed by atoms with Crippen molar-refractivity contribution in [2.24, 2.45) is 0 Å². The standard InChI is InChI=1S/C14H19N3O3/c1-15-14(20)12-6-2-5-11(16-12)10-4-3-7-17(8-10)13(19)9-18/h2,5-6,10,18H,3-4,7-9H2,1H3,(H,15,20)/t10-/m1/s1. The van der Waals surface area contributed by atoms with Crippen LogP contribution in [0, 0.1) is 0 Å². The normalized spacial score (nSPS) is 18.7. The first-order valence-corrected chi connectivity index (χ1v) is 6.73. The number of aliphatic hydroxyl groups excluding tert-OH is 1. The Morgan fingerprint density at radius 2 is 2.30 bits per heavy atom. The van der Waals surface area contributed by atoms with Gasteiger partial charge in [0.1, 0.15) is 12.3 Å². The third kappa shape index (κ3) is 3.14. The zero-order valence-corrected chi connectivity index (χ0v) is 11.5. The van der Waals surface area contributed by atoms with Crippen molar-refractivity contribution in [2.75, 3.05) is 26.7 Å². The fraction of sp³-hybridized carbons (Fsp3) is 0.500. The molecule has 1 atom stereocenters. The molecule has 1 aromatic heterocycles. The summed E-state index contributed by atoms with van der Waals surface area (Å²) in [4.78, 5) is 29.2. The molecule has 0 aliphatic carbocycles. The van der Waals surface area contributed by atoms with Gasteiger partial charge >= 0.3 is 0 Å². The van der Waals surface area contributed by atoms with Crippen LogP contribution in [0.1, 0.15) is 34.9 Å². The summed E-state index contributed by atoms with van der Waals surface area (Å²) in [5.74, 6) is -0.355. The molecule has 2 amide bonds. The van der Waals surface area contributed by atoms with Crippen LogP contribution >= 0.6 is 0 Å². The number of likely N-dealkylation sites (tertiary alicyclic amines) is 1. The number of hydrogen-bond acceptors (Lipinski definition) is 4. The van der Waals surface area contributed by atoms with Gasteiger partial charge in [0, 0.05) is 31.7 Å². The lowest BCUT2D eigenvalue weighted by molar-refractivity contribution is -0.135. The molecule has 0 spiro atoms. The average molecular weight is 277 g/mol. The van der Waals surface area contributed by atoms with Gasteiger partial charge in [0.2, 0.25) is 5.91 Å². The van der Waals surface area contributed by atoms with Crippen molar-refractivity contribution in [3.05, 3.63) is 29.6 Å². The quantitative estimate of drug-likeness (QED) is 0.823. The molecule has 0 unspecified atom stereocenters. The van der Waals surface area contributed by atoms with Gasteiger partial charge in [-0.05, 0) is 25.0 Å². The van der Waals surface area contributed by atoms with Crippen LogP contribution in [0.15, 0.2) is 18.2 Å². The molecule has 1 fully saturated rings. The summed E-state index contributed by atoms with van der Waals surface area (Å²) in [6.45, 7) is 0.757. The molecule has 0 radical (unpaired) electrons. The van der Waals surface area contributed by atoms with E-state index in [-0.39, 0.29) is 17.7 Å². The van der Waals surface area contributed by atoms with Crippen LogP contribution in [0.5, 0.6) is 0 Å². The van der Waals surface area contributed by atoms with Gasteiger partial charge in [0.05, 0.1) is 0 Å². The molecule has 0 saturated carbocycles. The highest BCUT2D eigenvalue weighted by Crippen LogP contribution is 2.25. The van der Waals surface area contributed by atoms with E-state index in [1.54, 1.807) is 24.1 Å². The summed E-state index contributed by atoms with van der Waals surface area (Å²) in [6.07, 6.45) is 1.81. The maximum Gasteiger partial charge on any atom is 0.269 e. The predicted octanol–water partition coefficient (Wildman–Crippen LogP) is 0.139. The van der Waals surface area contributed by atoms with Crippen LogP contribution < -0.4 is 5.32 Å². The van der Waals surface area contributed by atoms with Crippen molar-refractivity contribution in [1.29, 1.82) is 0 Å². The van der Waals surface area contributed by atoms with E-state index < -0.39 is 6.61 Å². The molecular weight excluding hydrogens is 258 g/mol. The first kappa shape index (κ1) is 14.5. The number of carbonyl (C=O) groups is 2. The molecule has 20 heavy (non-hydrogen) atoms. The first-order valence-electron chi connectivity index (χ1n) is 6.73. The van der Waals surface area contributed by atoms with Gasteiger partial charge in [-0.2, -0.15) is 0 Å². The Bertz CT molecular complexity index is 504. The molecular formula is C14H19N3O3. The second-order valence-corrected chi connectivity index (χ2v) is 4.86. The number of amides is 2. The molecule has 1 aliphatic heterocycles. The number of rotatable bonds is 3. The highest BCUT2D eigenvalue weighted by Gasteiger charge is 2.25. The van der Waals surface area contributed by atoms with E-state index >= 15 is 0 Å². The molecule has 6 nitrogen and oxygen atoms in total. The van der Waals surface area contributed by atoms with Crippen molar-refractivity contribution < 1.29 is 14.7 Å². The molecule has 6 heteroatoms. The maximum atomic E-state index is 11.6. The minimum atomic E-state index is -0.460. The van der Waals surface area contributed by atoms with Crippen molar-refractivity contribution in [1.82, 2.24) is 15.2 Å². The lowest BCUT2D eigenvalue weighted by atomic mass is 9.94. The van der Waals surface area contributed by atoms with Gasteiger partial charge in [-0.1, -0.05) is 6.07 Å². The van der Waals surface area contributed by atoms with Crippen LogP contribution in [0.3, 0.4) is 0 Å². The molecule has 2 rings (SSSR count). The number of piperidine rings is 1. The highest BCUT2D eigenvalue weighted by atomic mass is 16.3. The van der Waals surface area contributed by atoms with Crippen molar-refractivity contribution in [3.8, 4) is 0 Å². The molecule has 0 aromatic carbocycles. The number of aliphatic hydroxyl groups is 1. The number of nitrogens with zero attached hydrogens (tertiary/aromatic N) is 2. The predicted molar refractivity (Wildman–Crippen MR) is 73.3 cm³/mol. The number of carbonyl (C=O) groups excluding carboxylic acids is 2. The summed E-state index contributed by atoms with van der Waals surface area (Å²) in [7, 11) is 1.57. The molecule has 2 heterocycles. The Morgan fingerprint density at radius 3 is 3.00 bits per heavy atom. The summed E-state index contributed by atoms with van der Waals surface area (Å²) in [5.41, 5.74) is 1.21. The Balaban J connectivity index is 2.14. The fourth-order valence-corrected chi connectivity index (χ4v) is 2.48. The molecule has 1 saturated heterocycles. The smallest absolute Gasteiger partial charge is 0.269 e. The van der Waals surface area contributed by atoms with Gasteiger partial charge in [0.25, 0.3) is 5.91 Å². The summed E-state index contributed by atoms with van der Waals surface area (Å²) in [6, 6.07) is 5.35. The Hall–Kier alpha value is -1.95. The third-order valence-electron chi connectivity index (χ3n) is 3.56. The maximum absolute atomic E-state index is 11.6. The first-order chi connectivity index (χ1) is 9.65. The van der Waals surface area contributed by atoms with Gasteiger partial charge in [0.15, 0.2) is 0 Å². The van der Waals surface area contributed by atoms with Crippen LogP contribution in [-0.2, 0) is 4.79 Å². The Kier molecular flexibility index (Phi) is 4.68. The largest absolute Gasteiger partial charge is 0.387 e. The van der Waals surface area contributed by atoms with Gasteiger partial charge < -0.3 is 15.3 Å². The number of pyridine rings is 1. The Morgan fingerprint density at radius 1 is 1.50 bits per heavy atom. The highest BCUT2D eigenvalue weighted by molar-refractivity contribution is 5.92. The fourth-order valence-electron chi connectivity index (χ4n) is 2.48. The van der Waals surface area contributed by atoms with Crippen LogP contribution in [0.25, 0.3) is 0 Å². The van der Waals surface area contributed by atoms with Gasteiger partial charge in [-0.25, -0.2) is 4.98 Å². The topological polar surface area (TPSA) is 82.5 Å². The molecule has 108 valence electrons. The van der Waals surface area contributed by atoms with E-state index in [1.807, 2.05) is 6.07 Å². The minimum Gasteiger partial charge on any atom is -0.387 e. The van der Waals surface area contributed by atoms with E-state index in [0.29, 0.717) is 18.8 Å². The van der Waals surface area contributed by atoms with Crippen molar-refractivity contribution in [2.45, 2.75) is 18.8 Å². The molecule has 0 bridgehead atoms. The van der Waals surface area contributed by atoms with Crippen molar-refractivity contribution in [3.63, 3.8) is 0 Å². The van der Waals surface area contributed by atoms with E-state index in [9.17, 15) is 9.59 Å². The summed E-state index contributed by atoms with van der Waals surface area (Å²) >= 11 is 0. The number of hydrogen-bond donors (Lipinski definition) is 2. The zero-order valence-electron chi connectivity index (χ0n) is 11.5. The van der Waals surface area contributed by atoms with E-state index in [0.717, 1.165) is 18.5 Å². The minimum absolute atomic E-state index is 0.115. The van der Waals surface area contributed by atoms with E-state index in [4.69, 9.17) is 5.11 Å². The second-order valence-electron chi connectivity index (χ2n) is 4.86. The lowest BCUT2D eigenvalue weighted by Crippen LogP contribution is -2.40. The third-order valence-corrected chi connectivity index (χ3v) is 3.56. The Labute approximate surface area is 117 Å². The van der Waals surface area contributed by atoms with Crippen LogP contribution in [-0.4, -0.2) is 53.5 Å². The second kappa shape index (κ2) is 6.47. The summed E-state index contributed by atoms with van der Waals surface area (Å²) in [5, 5.41) is 11.5. The molecule has 1 aliphatic rings. The van der Waals surface area contributed by atoms with Crippen LogP contribution in [0.4, 0.5) is 0 Å². The lowest BCUT2D eigenvalue weighted by Gasteiger charge is -2.32. The average Bonchev–Trinajstić information content (AvgIpc) is 2.53. The van der Waals surface area contributed by atoms with Crippen LogP contribution in [0.2, 0.25) is 0 Å². The van der Waals surface area contributed by atoms with Crippen molar-refractivity contribution >= 4 is 11.8 Å². The molecule has 2 N–H and O–H groups in total. The van der Waals surface area contributed by atoms with Gasteiger partial charge in [-0.15, -0.1) is 0 Å². The summed E-state index contributed by atoms with van der Waals surface area (Å²) < 4.78 is 0. The van der Waals surface area contributed by atoms with E-state index in [2.05, 4.69) is 10.3 Å². The molecule has 1 aromatic rings. The van der Waals surface area contributed by atoms with E-state index in [1.165, 1.54) is 0 Å². The number of nitrogens with one attached hydrogen (secondary N) is 1. The SMILES string of the molecule is CNC(=O)c1cccc([C@@H]2CCCN(C(=O)CO)C2)n1. The number of aromatic nitrogens is 1. The monoisotopic (exact) mass is 277 g/mol. The van der Waals surface area contributed by atoms with Gasteiger partial charge in [-0.3, -0.25) is 9.59 Å². The zero-order chi connectivity index (χ0) is 14.5.